The first-order valence-electron chi connectivity index (χ1n) is 9.25. The van der Waals surface area contributed by atoms with E-state index >= 15 is 0 Å². The van der Waals surface area contributed by atoms with Gasteiger partial charge >= 0.3 is 0 Å². The fourth-order valence-corrected chi connectivity index (χ4v) is 3.53. The SMILES string of the molecule is CCNC(=O)[C@@H](C)NC(=O)CSc1nnc(C2CC2)n1Cc1ccccc1. The molecule has 1 fully saturated rings. The van der Waals surface area contributed by atoms with Gasteiger partial charge in [0.1, 0.15) is 11.9 Å². The Morgan fingerprint density at radius 2 is 2.00 bits per heavy atom. The van der Waals surface area contributed by atoms with Gasteiger partial charge in [-0.3, -0.25) is 9.59 Å². The molecule has 0 saturated heterocycles. The third-order valence-corrected chi connectivity index (χ3v) is 5.29. The lowest BCUT2D eigenvalue weighted by Crippen LogP contribution is -2.45. The highest BCUT2D eigenvalue weighted by molar-refractivity contribution is 7.99. The minimum absolute atomic E-state index is 0.181. The number of thioether (sulfide) groups is 1. The summed E-state index contributed by atoms with van der Waals surface area (Å²) in [6, 6.07) is 9.62. The quantitative estimate of drug-likeness (QED) is 0.642. The topological polar surface area (TPSA) is 88.9 Å². The van der Waals surface area contributed by atoms with Gasteiger partial charge in [-0.15, -0.1) is 10.2 Å². The minimum Gasteiger partial charge on any atom is -0.355 e. The number of aromatic nitrogens is 3. The van der Waals surface area contributed by atoms with Crippen molar-refractivity contribution in [3.05, 3.63) is 41.7 Å². The average molecular weight is 388 g/mol. The Hall–Kier alpha value is -2.35. The average Bonchev–Trinajstić information content (AvgIpc) is 3.43. The zero-order valence-corrected chi connectivity index (χ0v) is 16.5. The van der Waals surface area contributed by atoms with Crippen molar-refractivity contribution in [1.82, 2.24) is 25.4 Å². The number of nitrogens with one attached hydrogen (secondary N) is 2. The second-order valence-electron chi connectivity index (χ2n) is 6.66. The largest absolute Gasteiger partial charge is 0.355 e. The molecule has 0 aliphatic heterocycles. The molecule has 1 aliphatic rings. The predicted molar refractivity (Wildman–Crippen MR) is 105 cm³/mol. The third-order valence-electron chi connectivity index (χ3n) is 4.33. The number of amides is 2. The van der Waals surface area contributed by atoms with E-state index in [0.717, 1.165) is 23.8 Å². The van der Waals surface area contributed by atoms with Crippen molar-refractivity contribution in [2.75, 3.05) is 12.3 Å². The molecule has 0 spiro atoms. The molecule has 2 amide bonds. The molecule has 7 nitrogen and oxygen atoms in total. The molecular weight excluding hydrogens is 362 g/mol. The molecular formula is C19H25N5O2S. The van der Waals surface area contributed by atoms with Crippen LogP contribution < -0.4 is 10.6 Å². The number of hydrogen-bond donors (Lipinski definition) is 2. The summed E-state index contributed by atoms with van der Waals surface area (Å²) in [6.07, 6.45) is 2.28. The molecule has 0 unspecified atom stereocenters. The van der Waals surface area contributed by atoms with Crippen molar-refractivity contribution in [2.45, 2.75) is 50.4 Å². The van der Waals surface area contributed by atoms with Crippen LogP contribution in [0.25, 0.3) is 0 Å². The van der Waals surface area contributed by atoms with Crippen LogP contribution >= 0.6 is 11.8 Å². The van der Waals surface area contributed by atoms with Crippen LogP contribution in [0.5, 0.6) is 0 Å². The van der Waals surface area contributed by atoms with Gasteiger partial charge in [0.05, 0.1) is 12.3 Å². The number of hydrogen-bond acceptors (Lipinski definition) is 5. The summed E-state index contributed by atoms with van der Waals surface area (Å²) < 4.78 is 2.11. The molecule has 1 aromatic heterocycles. The van der Waals surface area contributed by atoms with Gasteiger partial charge in [-0.05, 0) is 32.3 Å². The molecule has 1 aromatic carbocycles. The number of carbonyl (C=O) groups excluding carboxylic acids is 2. The zero-order valence-electron chi connectivity index (χ0n) is 15.6. The van der Waals surface area contributed by atoms with Crippen molar-refractivity contribution in [3.63, 3.8) is 0 Å². The molecule has 1 heterocycles. The maximum Gasteiger partial charge on any atom is 0.242 e. The number of rotatable bonds is 9. The number of nitrogens with zero attached hydrogens (tertiary/aromatic N) is 3. The smallest absolute Gasteiger partial charge is 0.242 e. The summed E-state index contributed by atoms with van der Waals surface area (Å²) >= 11 is 1.35. The molecule has 27 heavy (non-hydrogen) atoms. The van der Waals surface area contributed by atoms with Gasteiger partial charge in [-0.2, -0.15) is 0 Å². The highest BCUT2D eigenvalue weighted by Gasteiger charge is 2.30. The van der Waals surface area contributed by atoms with Crippen LogP contribution in [0.15, 0.2) is 35.5 Å². The van der Waals surface area contributed by atoms with Gasteiger partial charge in [0.2, 0.25) is 11.8 Å². The lowest BCUT2D eigenvalue weighted by Gasteiger charge is -2.13. The first kappa shape index (κ1) is 19.4. The Morgan fingerprint density at radius 3 is 2.67 bits per heavy atom. The number of benzene rings is 1. The van der Waals surface area contributed by atoms with Crippen molar-refractivity contribution in [3.8, 4) is 0 Å². The first-order valence-corrected chi connectivity index (χ1v) is 10.2. The monoisotopic (exact) mass is 387 g/mol. The second-order valence-corrected chi connectivity index (χ2v) is 7.60. The van der Waals surface area contributed by atoms with Crippen LogP contribution in [0.3, 0.4) is 0 Å². The maximum atomic E-state index is 12.2. The Bertz CT molecular complexity index is 789. The zero-order chi connectivity index (χ0) is 19.2. The van der Waals surface area contributed by atoms with Gasteiger partial charge in [0, 0.05) is 12.5 Å². The first-order chi connectivity index (χ1) is 13.1. The minimum atomic E-state index is -0.553. The summed E-state index contributed by atoms with van der Waals surface area (Å²) in [5, 5.41) is 14.8. The molecule has 0 bridgehead atoms. The lowest BCUT2D eigenvalue weighted by atomic mass is 10.2. The van der Waals surface area contributed by atoms with Gasteiger partial charge in [-0.25, -0.2) is 0 Å². The van der Waals surface area contributed by atoms with Gasteiger partial charge in [0.15, 0.2) is 5.16 Å². The molecule has 144 valence electrons. The number of likely N-dealkylation sites (N-methyl/N-ethyl adjacent to an activating group) is 1. The Morgan fingerprint density at radius 1 is 1.26 bits per heavy atom. The lowest BCUT2D eigenvalue weighted by molar-refractivity contribution is -0.127. The predicted octanol–water partition coefficient (Wildman–Crippen LogP) is 1.94. The third kappa shape index (κ3) is 5.32. The van der Waals surface area contributed by atoms with Crippen LogP contribution in [0.1, 0.15) is 44.0 Å². The molecule has 1 saturated carbocycles. The fourth-order valence-electron chi connectivity index (χ4n) is 2.77. The van der Waals surface area contributed by atoms with E-state index in [1.807, 2.05) is 25.1 Å². The van der Waals surface area contributed by atoms with Crippen molar-refractivity contribution >= 4 is 23.6 Å². The molecule has 1 atom stereocenters. The molecule has 2 aromatic rings. The summed E-state index contributed by atoms with van der Waals surface area (Å²) in [5.74, 6) is 1.29. The van der Waals surface area contributed by atoms with Crippen LogP contribution in [0, 0.1) is 0 Å². The van der Waals surface area contributed by atoms with E-state index in [-0.39, 0.29) is 17.6 Å². The Balaban J connectivity index is 1.63. The normalized spacial score (nSPS) is 14.6. The van der Waals surface area contributed by atoms with Crippen molar-refractivity contribution < 1.29 is 9.59 Å². The second kappa shape index (κ2) is 9.03. The van der Waals surface area contributed by atoms with E-state index in [1.54, 1.807) is 6.92 Å². The summed E-state index contributed by atoms with van der Waals surface area (Å²) in [7, 11) is 0. The van der Waals surface area contributed by atoms with Gasteiger partial charge in [-0.1, -0.05) is 42.1 Å². The molecule has 1 aliphatic carbocycles. The van der Waals surface area contributed by atoms with Gasteiger partial charge < -0.3 is 15.2 Å². The van der Waals surface area contributed by atoms with Crippen molar-refractivity contribution in [2.24, 2.45) is 0 Å². The Labute approximate surface area is 163 Å². The van der Waals surface area contributed by atoms with E-state index in [0.29, 0.717) is 19.0 Å². The van der Waals surface area contributed by atoms with Crippen LogP contribution in [0.2, 0.25) is 0 Å². The maximum absolute atomic E-state index is 12.2. The highest BCUT2D eigenvalue weighted by Crippen LogP contribution is 2.40. The van der Waals surface area contributed by atoms with E-state index in [9.17, 15) is 9.59 Å². The van der Waals surface area contributed by atoms with Gasteiger partial charge in [0.25, 0.3) is 0 Å². The fraction of sp³-hybridized carbons (Fsp3) is 0.474. The Kier molecular flexibility index (Phi) is 6.49. The van der Waals surface area contributed by atoms with E-state index in [1.165, 1.54) is 17.3 Å². The van der Waals surface area contributed by atoms with Crippen LogP contribution in [-0.4, -0.2) is 44.9 Å². The molecule has 3 rings (SSSR count). The van der Waals surface area contributed by atoms with E-state index in [2.05, 4.69) is 37.5 Å². The van der Waals surface area contributed by atoms with E-state index in [4.69, 9.17) is 0 Å². The highest BCUT2D eigenvalue weighted by atomic mass is 32.2. The van der Waals surface area contributed by atoms with E-state index < -0.39 is 6.04 Å². The summed E-state index contributed by atoms with van der Waals surface area (Å²) in [5.41, 5.74) is 1.18. The van der Waals surface area contributed by atoms with Crippen LogP contribution in [0.4, 0.5) is 0 Å². The molecule has 2 N–H and O–H groups in total. The molecule has 0 radical (unpaired) electrons. The standard InChI is InChI=1S/C19H25N5O2S/c1-3-20-18(26)13(2)21-16(25)12-27-19-23-22-17(15-9-10-15)24(19)11-14-7-5-4-6-8-14/h4-8,13,15H,3,9-12H2,1-2H3,(H,20,26)(H,21,25)/t13-/m1/s1. The molecule has 8 heteroatoms. The van der Waals surface area contributed by atoms with Crippen LogP contribution in [-0.2, 0) is 16.1 Å². The van der Waals surface area contributed by atoms with Crippen molar-refractivity contribution in [1.29, 1.82) is 0 Å². The summed E-state index contributed by atoms with van der Waals surface area (Å²) in [4.78, 5) is 23.9. The summed E-state index contributed by atoms with van der Waals surface area (Å²) in [6.45, 7) is 4.76. The number of carbonyl (C=O) groups is 2.